The number of benzene rings is 1. The number of nitrogens with one attached hydrogen (secondary N) is 2. The SMILES string of the molecule is CCC(CC)NC(=O)Nc1cc(OC)c(OC)cc1C. The van der Waals surface area contributed by atoms with Crippen LogP contribution in [-0.2, 0) is 0 Å². The number of aryl methyl sites for hydroxylation is 1. The standard InChI is InChI=1S/C15H24N2O3/c1-6-11(7-2)16-15(18)17-12-9-14(20-5)13(19-4)8-10(12)3/h8-9,11H,6-7H2,1-5H3,(H2,16,17,18). The molecule has 0 saturated carbocycles. The zero-order valence-corrected chi connectivity index (χ0v) is 12.9. The molecule has 20 heavy (non-hydrogen) atoms. The Labute approximate surface area is 120 Å². The number of methoxy groups -OCH3 is 2. The first-order valence-electron chi connectivity index (χ1n) is 6.85. The van der Waals surface area contributed by atoms with Gasteiger partial charge < -0.3 is 20.1 Å². The Morgan fingerprint density at radius 3 is 2.20 bits per heavy atom. The fraction of sp³-hybridized carbons (Fsp3) is 0.533. The van der Waals surface area contributed by atoms with Crippen molar-refractivity contribution in [3.63, 3.8) is 0 Å². The van der Waals surface area contributed by atoms with Crippen molar-refractivity contribution in [3.05, 3.63) is 17.7 Å². The van der Waals surface area contributed by atoms with Crippen LogP contribution in [0.3, 0.4) is 0 Å². The highest BCUT2D eigenvalue weighted by Gasteiger charge is 2.12. The van der Waals surface area contributed by atoms with E-state index >= 15 is 0 Å². The monoisotopic (exact) mass is 280 g/mol. The molecule has 2 amide bonds. The van der Waals surface area contributed by atoms with Gasteiger partial charge in [-0.3, -0.25) is 0 Å². The van der Waals surface area contributed by atoms with Gasteiger partial charge in [0.05, 0.1) is 14.2 Å². The van der Waals surface area contributed by atoms with Gasteiger partial charge in [0.25, 0.3) is 0 Å². The molecule has 0 heterocycles. The van der Waals surface area contributed by atoms with Crippen LogP contribution in [0, 0.1) is 6.92 Å². The van der Waals surface area contributed by atoms with Crippen LogP contribution in [0.15, 0.2) is 12.1 Å². The summed E-state index contributed by atoms with van der Waals surface area (Å²) >= 11 is 0. The van der Waals surface area contributed by atoms with Crippen molar-refractivity contribution in [1.82, 2.24) is 5.32 Å². The number of carbonyl (C=O) groups excluding carboxylic acids is 1. The summed E-state index contributed by atoms with van der Waals surface area (Å²) in [6.45, 7) is 6.01. The summed E-state index contributed by atoms with van der Waals surface area (Å²) in [6.07, 6.45) is 1.82. The van der Waals surface area contributed by atoms with Gasteiger partial charge in [-0.05, 0) is 31.4 Å². The van der Waals surface area contributed by atoms with E-state index < -0.39 is 0 Å². The first kappa shape index (κ1) is 16.1. The van der Waals surface area contributed by atoms with Crippen molar-refractivity contribution in [1.29, 1.82) is 0 Å². The van der Waals surface area contributed by atoms with Crippen LogP contribution in [-0.4, -0.2) is 26.3 Å². The van der Waals surface area contributed by atoms with E-state index in [1.807, 2.05) is 13.0 Å². The molecule has 0 unspecified atom stereocenters. The lowest BCUT2D eigenvalue weighted by atomic mass is 10.1. The van der Waals surface area contributed by atoms with Crippen molar-refractivity contribution < 1.29 is 14.3 Å². The predicted molar refractivity (Wildman–Crippen MR) is 80.8 cm³/mol. The first-order valence-corrected chi connectivity index (χ1v) is 6.85. The van der Waals surface area contributed by atoms with Crippen molar-refractivity contribution in [3.8, 4) is 11.5 Å². The zero-order chi connectivity index (χ0) is 15.1. The van der Waals surface area contributed by atoms with E-state index in [1.165, 1.54) is 0 Å². The Morgan fingerprint density at radius 1 is 1.15 bits per heavy atom. The van der Waals surface area contributed by atoms with Crippen LogP contribution < -0.4 is 20.1 Å². The summed E-state index contributed by atoms with van der Waals surface area (Å²) in [6, 6.07) is 3.59. The Bertz CT molecular complexity index is 457. The molecule has 0 saturated heterocycles. The highest BCUT2D eigenvalue weighted by molar-refractivity contribution is 5.90. The lowest BCUT2D eigenvalue weighted by Gasteiger charge is -2.17. The number of hydrogen-bond acceptors (Lipinski definition) is 3. The average Bonchev–Trinajstić information content (AvgIpc) is 2.46. The molecule has 1 rings (SSSR count). The second-order valence-corrected chi connectivity index (χ2v) is 4.63. The summed E-state index contributed by atoms with van der Waals surface area (Å²) in [5.41, 5.74) is 1.63. The third-order valence-corrected chi connectivity index (χ3v) is 3.30. The van der Waals surface area contributed by atoms with Crippen molar-refractivity contribution in [2.75, 3.05) is 19.5 Å². The van der Waals surface area contributed by atoms with Crippen LogP contribution in [0.25, 0.3) is 0 Å². The smallest absolute Gasteiger partial charge is 0.319 e. The lowest BCUT2D eigenvalue weighted by molar-refractivity contribution is 0.247. The maximum atomic E-state index is 12.0. The number of urea groups is 1. The lowest BCUT2D eigenvalue weighted by Crippen LogP contribution is -2.37. The van der Waals surface area contributed by atoms with Gasteiger partial charge in [0.2, 0.25) is 0 Å². The first-order chi connectivity index (χ1) is 9.55. The fourth-order valence-corrected chi connectivity index (χ4v) is 1.95. The predicted octanol–water partition coefficient (Wildman–Crippen LogP) is 3.32. The van der Waals surface area contributed by atoms with Crippen LogP contribution in [0.2, 0.25) is 0 Å². The molecule has 0 aliphatic heterocycles. The van der Waals surface area contributed by atoms with Crippen LogP contribution in [0.5, 0.6) is 11.5 Å². The molecule has 0 spiro atoms. The summed E-state index contributed by atoms with van der Waals surface area (Å²) in [4.78, 5) is 12.0. The maximum absolute atomic E-state index is 12.0. The largest absolute Gasteiger partial charge is 0.493 e. The third-order valence-electron chi connectivity index (χ3n) is 3.30. The van der Waals surface area contributed by atoms with Gasteiger partial charge in [-0.1, -0.05) is 13.8 Å². The van der Waals surface area contributed by atoms with Gasteiger partial charge in [-0.25, -0.2) is 4.79 Å². The van der Waals surface area contributed by atoms with Gasteiger partial charge in [-0.15, -0.1) is 0 Å². The molecular formula is C15H24N2O3. The van der Waals surface area contributed by atoms with Gasteiger partial charge >= 0.3 is 6.03 Å². The molecule has 5 nitrogen and oxygen atoms in total. The van der Waals surface area contributed by atoms with E-state index in [-0.39, 0.29) is 12.1 Å². The van der Waals surface area contributed by atoms with Gasteiger partial charge in [0, 0.05) is 17.8 Å². The molecule has 0 aromatic heterocycles. The topological polar surface area (TPSA) is 59.6 Å². The van der Waals surface area contributed by atoms with E-state index in [0.717, 1.165) is 18.4 Å². The van der Waals surface area contributed by atoms with Crippen LogP contribution in [0.4, 0.5) is 10.5 Å². The molecule has 0 aliphatic carbocycles. The zero-order valence-electron chi connectivity index (χ0n) is 12.9. The number of hydrogen-bond donors (Lipinski definition) is 2. The highest BCUT2D eigenvalue weighted by Crippen LogP contribution is 2.32. The molecule has 0 bridgehead atoms. The molecule has 2 N–H and O–H groups in total. The molecule has 1 aromatic carbocycles. The fourth-order valence-electron chi connectivity index (χ4n) is 1.95. The average molecular weight is 280 g/mol. The molecule has 0 fully saturated rings. The van der Waals surface area contributed by atoms with Crippen molar-refractivity contribution in [2.45, 2.75) is 39.7 Å². The number of anilines is 1. The Kier molecular flexibility index (Phi) is 6.15. The molecule has 0 radical (unpaired) electrons. The van der Waals surface area contributed by atoms with Gasteiger partial charge in [-0.2, -0.15) is 0 Å². The van der Waals surface area contributed by atoms with Gasteiger partial charge in [0.15, 0.2) is 11.5 Å². The Hall–Kier alpha value is -1.91. The molecule has 0 atom stereocenters. The molecular weight excluding hydrogens is 256 g/mol. The third kappa shape index (κ3) is 4.05. The van der Waals surface area contributed by atoms with E-state index in [0.29, 0.717) is 17.2 Å². The normalized spacial score (nSPS) is 10.3. The van der Waals surface area contributed by atoms with E-state index in [1.54, 1.807) is 20.3 Å². The minimum Gasteiger partial charge on any atom is -0.493 e. The van der Waals surface area contributed by atoms with Crippen LogP contribution >= 0.6 is 0 Å². The van der Waals surface area contributed by atoms with E-state index in [2.05, 4.69) is 24.5 Å². The van der Waals surface area contributed by atoms with Crippen molar-refractivity contribution in [2.24, 2.45) is 0 Å². The second-order valence-electron chi connectivity index (χ2n) is 4.63. The van der Waals surface area contributed by atoms with Crippen LogP contribution in [0.1, 0.15) is 32.3 Å². The molecule has 5 heteroatoms. The molecule has 0 aliphatic rings. The number of rotatable bonds is 6. The number of ether oxygens (including phenoxy) is 2. The number of amides is 2. The minimum atomic E-state index is -0.200. The number of carbonyl (C=O) groups is 1. The summed E-state index contributed by atoms with van der Waals surface area (Å²) in [5, 5.41) is 5.79. The summed E-state index contributed by atoms with van der Waals surface area (Å²) < 4.78 is 10.5. The Balaban J connectivity index is 2.84. The highest BCUT2D eigenvalue weighted by atomic mass is 16.5. The molecule has 112 valence electrons. The minimum absolute atomic E-state index is 0.190. The van der Waals surface area contributed by atoms with Gasteiger partial charge in [0.1, 0.15) is 0 Å². The van der Waals surface area contributed by atoms with Crippen molar-refractivity contribution >= 4 is 11.7 Å². The quantitative estimate of drug-likeness (QED) is 0.840. The van der Waals surface area contributed by atoms with E-state index in [9.17, 15) is 4.79 Å². The van der Waals surface area contributed by atoms with E-state index in [4.69, 9.17) is 9.47 Å². The summed E-state index contributed by atoms with van der Waals surface area (Å²) in [7, 11) is 3.16. The summed E-state index contributed by atoms with van der Waals surface area (Å²) in [5.74, 6) is 1.24. The Morgan fingerprint density at radius 2 is 1.70 bits per heavy atom. The second kappa shape index (κ2) is 7.62. The molecule has 1 aromatic rings. The maximum Gasteiger partial charge on any atom is 0.319 e.